The van der Waals surface area contributed by atoms with Crippen LogP contribution >= 0.6 is 58.6 Å². The standard InChI is InChI=1S/C11H11Cl4N3OS/c1-6(19)16-9(11(13,14)15)18-10(20)17-8-4-2-3-7(12)5-8/h2-5,9H,1H3,(H,16,19)(H2,17,18,20)/t9-/m0/s1. The Kier molecular flexibility index (Phi) is 6.61. The molecule has 0 aliphatic heterocycles. The number of alkyl halides is 3. The quantitative estimate of drug-likeness (QED) is 0.430. The van der Waals surface area contributed by atoms with Gasteiger partial charge in [0.15, 0.2) is 5.11 Å². The van der Waals surface area contributed by atoms with E-state index in [9.17, 15) is 4.79 Å². The van der Waals surface area contributed by atoms with Crippen LogP contribution < -0.4 is 16.0 Å². The van der Waals surface area contributed by atoms with Gasteiger partial charge in [-0.2, -0.15) is 0 Å². The van der Waals surface area contributed by atoms with Crippen molar-refractivity contribution in [3.8, 4) is 0 Å². The number of carbonyl (C=O) groups excluding carboxylic acids is 1. The number of anilines is 1. The maximum Gasteiger partial charge on any atom is 0.228 e. The topological polar surface area (TPSA) is 53.2 Å². The van der Waals surface area contributed by atoms with Crippen molar-refractivity contribution in [1.29, 1.82) is 0 Å². The highest BCUT2D eigenvalue weighted by Gasteiger charge is 2.33. The number of carbonyl (C=O) groups is 1. The second-order valence-electron chi connectivity index (χ2n) is 3.78. The third kappa shape index (κ3) is 6.33. The number of benzene rings is 1. The summed E-state index contributed by atoms with van der Waals surface area (Å²) < 4.78 is -1.76. The van der Waals surface area contributed by atoms with Crippen molar-refractivity contribution in [1.82, 2.24) is 10.6 Å². The second kappa shape index (κ2) is 7.52. The zero-order valence-corrected chi connectivity index (χ0v) is 14.1. The first kappa shape index (κ1) is 17.6. The molecule has 9 heteroatoms. The van der Waals surface area contributed by atoms with E-state index in [0.29, 0.717) is 10.7 Å². The van der Waals surface area contributed by atoms with Crippen LogP contribution in [0.25, 0.3) is 0 Å². The lowest BCUT2D eigenvalue weighted by atomic mass is 10.3. The van der Waals surface area contributed by atoms with Crippen molar-refractivity contribution < 1.29 is 4.79 Å². The van der Waals surface area contributed by atoms with Gasteiger partial charge in [0.25, 0.3) is 0 Å². The van der Waals surface area contributed by atoms with Crippen LogP contribution in [0.15, 0.2) is 24.3 Å². The molecule has 0 aromatic heterocycles. The monoisotopic (exact) mass is 373 g/mol. The molecule has 0 aliphatic rings. The highest BCUT2D eigenvalue weighted by Crippen LogP contribution is 2.29. The molecule has 0 saturated carbocycles. The van der Waals surface area contributed by atoms with E-state index in [4.69, 9.17) is 58.6 Å². The van der Waals surface area contributed by atoms with Gasteiger partial charge in [-0.15, -0.1) is 0 Å². The van der Waals surface area contributed by atoms with Crippen molar-refractivity contribution in [3.05, 3.63) is 29.3 Å². The molecule has 1 amide bonds. The highest BCUT2D eigenvalue weighted by atomic mass is 35.6. The van der Waals surface area contributed by atoms with Crippen LogP contribution in [-0.2, 0) is 4.79 Å². The Labute approximate surface area is 142 Å². The van der Waals surface area contributed by atoms with Crippen molar-refractivity contribution in [3.63, 3.8) is 0 Å². The second-order valence-corrected chi connectivity index (χ2v) is 7.00. The molecule has 110 valence electrons. The first-order chi connectivity index (χ1) is 9.18. The summed E-state index contributed by atoms with van der Waals surface area (Å²) in [6.45, 7) is 1.30. The van der Waals surface area contributed by atoms with E-state index in [-0.39, 0.29) is 11.0 Å². The van der Waals surface area contributed by atoms with E-state index in [1.165, 1.54) is 6.92 Å². The van der Waals surface area contributed by atoms with Gasteiger partial charge in [-0.05, 0) is 30.4 Å². The Morgan fingerprint density at radius 2 is 1.95 bits per heavy atom. The van der Waals surface area contributed by atoms with Gasteiger partial charge in [0.1, 0.15) is 6.17 Å². The Morgan fingerprint density at radius 1 is 1.30 bits per heavy atom. The molecule has 0 aliphatic carbocycles. The van der Waals surface area contributed by atoms with Crippen LogP contribution in [-0.4, -0.2) is 21.0 Å². The van der Waals surface area contributed by atoms with Gasteiger partial charge in [-0.25, -0.2) is 0 Å². The average Bonchev–Trinajstić information content (AvgIpc) is 2.26. The molecule has 20 heavy (non-hydrogen) atoms. The summed E-state index contributed by atoms with van der Waals surface area (Å²) in [4.78, 5) is 11.1. The van der Waals surface area contributed by atoms with Crippen molar-refractivity contribution >= 4 is 75.3 Å². The number of hydrogen-bond acceptors (Lipinski definition) is 2. The number of amides is 1. The Hall–Kier alpha value is -0.460. The predicted octanol–water partition coefficient (Wildman–Crippen LogP) is 3.46. The van der Waals surface area contributed by atoms with Crippen LogP contribution in [0.5, 0.6) is 0 Å². The summed E-state index contributed by atoms with van der Waals surface area (Å²) >= 11 is 28.2. The van der Waals surface area contributed by atoms with Crippen LogP contribution in [0.3, 0.4) is 0 Å². The molecule has 3 N–H and O–H groups in total. The van der Waals surface area contributed by atoms with E-state index < -0.39 is 9.96 Å². The SMILES string of the molecule is CC(=O)N[C@@H](NC(=S)Nc1cccc(Cl)c1)C(Cl)(Cl)Cl. The summed E-state index contributed by atoms with van der Waals surface area (Å²) in [6.07, 6.45) is -0.968. The Bertz CT molecular complexity index is 507. The number of rotatable bonds is 3. The van der Waals surface area contributed by atoms with Gasteiger partial charge in [0.2, 0.25) is 9.70 Å². The van der Waals surface area contributed by atoms with Gasteiger partial charge in [-0.3, -0.25) is 4.79 Å². The summed E-state index contributed by atoms with van der Waals surface area (Å²) in [5.74, 6) is -0.362. The van der Waals surface area contributed by atoms with E-state index in [0.717, 1.165) is 0 Å². The number of thiocarbonyl (C=S) groups is 1. The maximum absolute atomic E-state index is 11.1. The summed E-state index contributed by atoms with van der Waals surface area (Å²) in [5, 5.41) is 8.75. The Balaban J connectivity index is 2.69. The van der Waals surface area contributed by atoms with Crippen molar-refractivity contribution in [2.75, 3.05) is 5.32 Å². The van der Waals surface area contributed by atoms with E-state index in [1.54, 1.807) is 24.3 Å². The van der Waals surface area contributed by atoms with E-state index in [1.807, 2.05) is 0 Å². The van der Waals surface area contributed by atoms with Gasteiger partial charge in [0.05, 0.1) is 0 Å². The first-order valence-electron chi connectivity index (χ1n) is 5.35. The fourth-order valence-corrected chi connectivity index (χ4v) is 2.02. The first-order valence-corrected chi connectivity index (χ1v) is 7.27. The third-order valence-electron chi connectivity index (χ3n) is 2.03. The van der Waals surface area contributed by atoms with E-state index in [2.05, 4.69) is 16.0 Å². The molecule has 4 nitrogen and oxygen atoms in total. The molecule has 1 aromatic carbocycles. The lowest BCUT2D eigenvalue weighted by Crippen LogP contribution is -2.55. The van der Waals surface area contributed by atoms with E-state index >= 15 is 0 Å². The molecule has 0 unspecified atom stereocenters. The number of nitrogens with one attached hydrogen (secondary N) is 3. The minimum Gasteiger partial charge on any atom is -0.339 e. The fourth-order valence-electron chi connectivity index (χ4n) is 1.27. The average molecular weight is 375 g/mol. The van der Waals surface area contributed by atoms with Crippen molar-refractivity contribution in [2.24, 2.45) is 0 Å². The number of hydrogen-bond donors (Lipinski definition) is 3. The molecule has 0 saturated heterocycles. The van der Waals surface area contributed by atoms with Gasteiger partial charge < -0.3 is 16.0 Å². The maximum atomic E-state index is 11.1. The summed E-state index contributed by atoms with van der Waals surface area (Å²) in [7, 11) is 0. The molecule has 0 spiro atoms. The smallest absolute Gasteiger partial charge is 0.228 e. The summed E-state index contributed by atoms with van der Waals surface area (Å²) in [5.41, 5.74) is 0.667. The molecule has 1 aromatic rings. The molecular formula is C11H11Cl4N3OS. The zero-order valence-electron chi connectivity index (χ0n) is 10.2. The minimum absolute atomic E-state index is 0.178. The number of halogens is 4. The molecule has 0 bridgehead atoms. The van der Waals surface area contributed by atoms with Gasteiger partial charge in [0, 0.05) is 17.6 Å². The predicted molar refractivity (Wildman–Crippen MR) is 88.7 cm³/mol. The van der Waals surface area contributed by atoms with Crippen LogP contribution in [0.2, 0.25) is 5.02 Å². The summed E-state index contributed by atoms with van der Waals surface area (Å²) in [6, 6.07) is 6.93. The Morgan fingerprint density at radius 3 is 2.45 bits per heavy atom. The lowest BCUT2D eigenvalue weighted by molar-refractivity contribution is -0.119. The van der Waals surface area contributed by atoms with Crippen molar-refractivity contribution in [2.45, 2.75) is 16.9 Å². The third-order valence-corrected chi connectivity index (χ3v) is 3.14. The van der Waals surface area contributed by atoms with Crippen LogP contribution in [0.4, 0.5) is 5.69 Å². The highest BCUT2D eigenvalue weighted by molar-refractivity contribution is 7.80. The minimum atomic E-state index is -1.76. The molecule has 0 radical (unpaired) electrons. The van der Waals surface area contributed by atoms with Crippen LogP contribution in [0, 0.1) is 0 Å². The largest absolute Gasteiger partial charge is 0.339 e. The van der Waals surface area contributed by atoms with Crippen LogP contribution in [0.1, 0.15) is 6.92 Å². The molecule has 0 fully saturated rings. The normalized spacial score (nSPS) is 12.4. The van der Waals surface area contributed by atoms with Gasteiger partial charge in [-0.1, -0.05) is 52.5 Å². The zero-order chi connectivity index (χ0) is 15.3. The van der Waals surface area contributed by atoms with Gasteiger partial charge >= 0.3 is 0 Å². The molecule has 1 atom stereocenters. The molecular weight excluding hydrogens is 364 g/mol. The lowest BCUT2D eigenvalue weighted by Gasteiger charge is -2.27. The molecule has 0 heterocycles. The molecule has 1 rings (SSSR count). The fraction of sp³-hybridized carbons (Fsp3) is 0.273.